The lowest BCUT2D eigenvalue weighted by molar-refractivity contribution is 0.00578. The van der Waals surface area contributed by atoms with E-state index in [0.29, 0.717) is 25.2 Å². The van der Waals surface area contributed by atoms with Crippen molar-refractivity contribution in [3.8, 4) is 5.75 Å². The molecule has 1 fully saturated rings. The number of nitrogens with two attached hydrogens (primary N) is 1. The first kappa shape index (κ1) is 23.6. The second-order valence-electron chi connectivity index (χ2n) is 8.86. The summed E-state index contributed by atoms with van der Waals surface area (Å²) >= 11 is 5.70. The monoisotopic (exact) mass is 433 g/mol. The van der Waals surface area contributed by atoms with Crippen molar-refractivity contribution in [3.63, 3.8) is 0 Å². The number of benzene rings is 1. The summed E-state index contributed by atoms with van der Waals surface area (Å²) in [5.74, 6) is -0.224. The van der Waals surface area contributed by atoms with Gasteiger partial charge in [-0.3, -0.25) is 5.14 Å². The van der Waals surface area contributed by atoms with E-state index in [0.717, 1.165) is 0 Å². The Morgan fingerprint density at radius 3 is 2.36 bits per heavy atom. The van der Waals surface area contributed by atoms with Crippen LogP contribution in [0.15, 0.2) is 18.2 Å². The molecule has 28 heavy (non-hydrogen) atoms. The van der Waals surface area contributed by atoms with E-state index in [2.05, 4.69) is 0 Å². The fraction of sp³-hybridized carbons (Fsp3) is 0.684. The minimum atomic E-state index is -1.50. The predicted molar refractivity (Wildman–Crippen MR) is 112 cm³/mol. The molecule has 1 saturated heterocycles. The molecular weight excluding hydrogens is 404 g/mol. The Bertz CT molecular complexity index is 716. The molecule has 2 rings (SSSR count). The second kappa shape index (κ2) is 8.60. The first-order valence-electron chi connectivity index (χ1n) is 9.35. The van der Waals surface area contributed by atoms with Crippen LogP contribution in [-0.2, 0) is 20.3 Å². The Kier molecular flexibility index (Phi) is 7.25. The maximum Gasteiger partial charge on any atom is 0.461 e. The van der Waals surface area contributed by atoms with Gasteiger partial charge in [-0.1, -0.05) is 11.6 Å². The van der Waals surface area contributed by atoms with Crippen LogP contribution in [-0.4, -0.2) is 33.9 Å². The lowest BCUT2D eigenvalue weighted by Gasteiger charge is -2.32. The highest BCUT2D eigenvalue weighted by Crippen LogP contribution is 2.43. The van der Waals surface area contributed by atoms with E-state index in [9.17, 15) is 8.60 Å². The number of halogens is 2. The van der Waals surface area contributed by atoms with Crippen LogP contribution in [0.3, 0.4) is 0 Å². The standard InChI is InChI=1S/C19H30BClFNO4S/c1-17(2,28(23)24)12-13(20-26-18(3,4)19(5,6)27-20)9-10-25-14-7-8-15(21)16(22)11-14/h7-8,11,13H,9-10,12,23H2,1-6H3/t13-,28?/m1/s1. The van der Waals surface area contributed by atoms with Crippen LogP contribution in [0.25, 0.3) is 0 Å². The van der Waals surface area contributed by atoms with Crippen molar-refractivity contribution in [2.24, 2.45) is 5.14 Å². The van der Waals surface area contributed by atoms with E-state index in [1.165, 1.54) is 12.1 Å². The van der Waals surface area contributed by atoms with Crippen molar-refractivity contribution in [2.45, 2.75) is 76.2 Å². The molecule has 1 aromatic carbocycles. The molecule has 0 bridgehead atoms. The minimum Gasteiger partial charge on any atom is -0.494 e. The van der Waals surface area contributed by atoms with Crippen LogP contribution in [0.5, 0.6) is 5.75 Å². The summed E-state index contributed by atoms with van der Waals surface area (Å²) in [5.41, 5.74) is -0.940. The van der Waals surface area contributed by atoms with Gasteiger partial charge in [0.25, 0.3) is 0 Å². The third kappa shape index (κ3) is 5.48. The van der Waals surface area contributed by atoms with Crippen LogP contribution in [0.4, 0.5) is 4.39 Å². The molecule has 0 radical (unpaired) electrons. The van der Waals surface area contributed by atoms with Gasteiger partial charge in [0, 0.05) is 6.07 Å². The quantitative estimate of drug-likeness (QED) is 0.613. The molecule has 1 aliphatic rings. The number of rotatable bonds is 8. The summed E-state index contributed by atoms with van der Waals surface area (Å²) in [4.78, 5) is 0. The van der Waals surface area contributed by atoms with Crippen molar-refractivity contribution < 1.29 is 22.6 Å². The zero-order chi connectivity index (χ0) is 21.3. The highest BCUT2D eigenvalue weighted by atomic mass is 35.5. The molecule has 5 nitrogen and oxygen atoms in total. The van der Waals surface area contributed by atoms with Crippen LogP contribution >= 0.6 is 11.6 Å². The predicted octanol–water partition coefficient (Wildman–Crippen LogP) is 4.50. The Morgan fingerprint density at radius 1 is 1.29 bits per heavy atom. The van der Waals surface area contributed by atoms with Crippen LogP contribution in [0, 0.1) is 5.82 Å². The summed E-state index contributed by atoms with van der Waals surface area (Å²) in [6.07, 6.45) is 1.10. The van der Waals surface area contributed by atoms with Gasteiger partial charge in [0.1, 0.15) is 11.6 Å². The van der Waals surface area contributed by atoms with Gasteiger partial charge in [-0.05, 0) is 72.3 Å². The molecule has 1 aromatic rings. The van der Waals surface area contributed by atoms with Crippen molar-refractivity contribution in [1.82, 2.24) is 0 Å². The van der Waals surface area contributed by atoms with E-state index >= 15 is 0 Å². The van der Waals surface area contributed by atoms with Crippen LogP contribution in [0.1, 0.15) is 54.4 Å². The zero-order valence-corrected chi connectivity index (χ0v) is 19.0. The van der Waals surface area contributed by atoms with E-state index < -0.39 is 39.9 Å². The summed E-state index contributed by atoms with van der Waals surface area (Å²) in [7, 11) is -1.97. The van der Waals surface area contributed by atoms with Crippen LogP contribution < -0.4 is 9.88 Å². The van der Waals surface area contributed by atoms with Gasteiger partial charge in [-0.15, -0.1) is 0 Å². The Hall–Kier alpha value is -0.665. The molecule has 0 aromatic heterocycles. The molecular formula is C19H30BClFNO4S. The summed E-state index contributed by atoms with van der Waals surface area (Å²) in [5, 5.41) is 5.73. The number of hydrogen-bond donors (Lipinski definition) is 1. The molecule has 1 heterocycles. The summed E-state index contributed by atoms with van der Waals surface area (Å²) < 4.78 is 43.0. The van der Waals surface area contributed by atoms with Crippen molar-refractivity contribution in [3.05, 3.63) is 29.0 Å². The smallest absolute Gasteiger partial charge is 0.461 e. The zero-order valence-electron chi connectivity index (χ0n) is 17.4. The SMILES string of the molecule is CC(C)(C[C@@H](CCOc1ccc(Cl)c(F)c1)B1OC(C)(C)C(C)(C)O1)S(N)=O. The van der Waals surface area contributed by atoms with Gasteiger partial charge < -0.3 is 14.0 Å². The lowest BCUT2D eigenvalue weighted by atomic mass is 9.66. The molecule has 0 amide bonds. The second-order valence-corrected chi connectivity index (χ2v) is 11.0. The molecule has 9 heteroatoms. The Morgan fingerprint density at radius 2 is 1.86 bits per heavy atom. The van der Waals surface area contributed by atoms with E-state index in [1.807, 2.05) is 41.5 Å². The minimum absolute atomic E-state index is 0.0506. The molecule has 1 aliphatic heterocycles. The van der Waals surface area contributed by atoms with Crippen LogP contribution in [0.2, 0.25) is 10.8 Å². The van der Waals surface area contributed by atoms with Gasteiger partial charge in [0.15, 0.2) is 0 Å². The summed E-state index contributed by atoms with van der Waals surface area (Å²) in [6.45, 7) is 12.0. The van der Waals surface area contributed by atoms with E-state index in [-0.39, 0.29) is 10.8 Å². The topological polar surface area (TPSA) is 70.8 Å². The third-order valence-corrected chi connectivity index (χ3v) is 7.17. The molecule has 0 saturated carbocycles. The maximum absolute atomic E-state index is 13.6. The van der Waals surface area contributed by atoms with Gasteiger partial charge in [0.05, 0.1) is 38.6 Å². The molecule has 1 unspecified atom stereocenters. The normalized spacial score (nSPS) is 20.8. The fourth-order valence-corrected chi connectivity index (χ4v) is 3.52. The number of hydrogen-bond acceptors (Lipinski definition) is 4. The van der Waals surface area contributed by atoms with E-state index in [1.54, 1.807) is 6.07 Å². The largest absolute Gasteiger partial charge is 0.494 e. The highest BCUT2D eigenvalue weighted by molar-refractivity contribution is 7.84. The Balaban J connectivity index is 2.10. The maximum atomic E-state index is 13.6. The van der Waals surface area contributed by atoms with Gasteiger partial charge in [-0.25, -0.2) is 8.60 Å². The van der Waals surface area contributed by atoms with Gasteiger partial charge >= 0.3 is 7.12 Å². The van der Waals surface area contributed by atoms with Crippen molar-refractivity contribution >= 4 is 29.7 Å². The fourth-order valence-electron chi connectivity index (χ4n) is 3.02. The third-order valence-electron chi connectivity index (χ3n) is 5.60. The highest BCUT2D eigenvalue weighted by Gasteiger charge is 2.54. The Labute approximate surface area is 175 Å². The average Bonchev–Trinajstić information content (AvgIpc) is 2.77. The molecule has 0 aliphatic carbocycles. The van der Waals surface area contributed by atoms with E-state index in [4.69, 9.17) is 30.8 Å². The molecule has 158 valence electrons. The summed E-state index contributed by atoms with van der Waals surface area (Å²) in [6, 6.07) is 4.33. The molecule has 2 atom stereocenters. The van der Waals surface area contributed by atoms with Gasteiger partial charge in [0.2, 0.25) is 0 Å². The number of ether oxygens (including phenoxy) is 1. The van der Waals surface area contributed by atoms with Gasteiger partial charge in [-0.2, -0.15) is 0 Å². The van der Waals surface area contributed by atoms with Crippen molar-refractivity contribution in [1.29, 1.82) is 0 Å². The first-order valence-corrected chi connectivity index (χ1v) is 10.9. The lowest BCUT2D eigenvalue weighted by Crippen LogP contribution is -2.41. The van der Waals surface area contributed by atoms with Crippen molar-refractivity contribution in [2.75, 3.05) is 6.61 Å². The molecule has 0 spiro atoms. The first-order chi connectivity index (χ1) is 12.7. The average molecular weight is 434 g/mol. The molecule has 2 N–H and O–H groups in total.